The second-order valence-corrected chi connectivity index (χ2v) is 3.77. The minimum absolute atomic E-state index is 0.0398. The van der Waals surface area contributed by atoms with E-state index >= 15 is 0 Å². The van der Waals surface area contributed by atoms with E-state index < -0.39 is 16.1 Å². The average Bonchev–Trinajstić information content (AvgIpc) is 2.16. The van der Waals surface area contributed by atoms with Gasteiger partial charge in [-0.25, -0.2) is 0 Å². The van der Waals surface area contributed by atoms with E-state index in [-0.39, 0.29) is 10.7 Å². The molecule has 15 heavy (non-hydrogen) atoms. The molecule has 0 aliphatic carbocycles. The van der Waals surface area contributed by atoms with Gasteiger partial charge in [0.05, 0.1) is 10.8 Å². The van der Waals surface area contributed by atoms with Gasteiger partial charge >= 0.3 is 0 Å². The minimum Gasteiger partial charge on any atom is -0.281 e. The second-order valence-electron chi connectivity index (χ2n) is 2.99. The molecule has 0 spiro atoms. The van der Waals surface area contributed by atoms with Gasteiger partial charge in [-0.05, 0) is 23.2 Å². The van der Waals surface area contributed by atoms with Gasteiger partial charge in [0.1, 0.15) is 5.02 Å². The first-order valence-corrected chi connectivity index (χ1v) is 4.82. The van der Waals surface area contributed by atoms with E-state index in [1.54, 1.807) is 13.0 Å². The standard InChI is InChI=1S/C9H7Cl2NO3/c1-5(9(11)13)6-2-3-7(10)8(4-6)12(14)15/h2-5H,1H3. The van der Waals surface area contributed by atoms with Gasteiger partial charge in [-0.1, -0.05) is 24.6 Å². The van der Waals surface area contributed by atoms with Crippen LogP contribution in [-0.2, 0) is 4.79 Å². The van der Waals surface area contributed by atoms with E-state index in [2.05, 4.69) is 0 Å². The summed E-state index contributed by atoms with van der Waals surface area (Å²) in [5.41, 5.74) is 0.255. The molecular formula is C9H7Cl2NO3. The van der Waals surface area contributed by atoms with Crippen molar-refractivity contribution < 1.29 is 9.72 Å². The summed E-state index contributed by atoms with van der Waals surface area (Å²) >= 11 is 10.9. The molecule has 0 aromatic heterocycles. The van der Waals surface area contributed by atoms with Gasteiger partial charge in [-0.2, -0.15) is 0 Å². The van der Waals surface area contributed by atoms with Crippen molar-refractivity contribution in [3.8, 4) is 0 Å². The number of hydrogen-bond donors (Lipinski definition) is 0. The summed E-state index contributed by atoms with van der Waals surface area (Å²) in [5, 5.41) is 10.0. The predicted molar refractivity (Wildman–Crippen MR) is 57.4 cm³/mol. The van der Waals surface area contributed by atoms with Crippen LogP contribution in [0, 0.1) is 10.1 Å². The van der Waals surface area contributed by atoms with E-state index in [1.807, 2.05) is 0 Å². The fourth-order valence-electron chi connectivity index (χ4n) is 1.07. The summed E-state index contributed by atoms with van der Waals surface area (Å²) in [7, 11) is 0. The van der Waals surface area contributed by atoms with Crippen LogP contribution in [0.15, 0.2) is 18.2 Å². The Hall–Kier alpha value is -1.13. The minimum atomic E-state index is -0.600. The van der Waals surface area contributed by atoms with Crippen LogP contribution in [0.5, 0.6) is 0 Å². The molecule has 0 heterocycles. The van der Waals surface area contributed by atoms with E-state index in [1.165, 1.54) is 12.1 Å². The van der Waals surface area contributed by atoms with Crippen LogP contribution in [0.1, 0.15) is 18.4 Å². The number of nitro benzene ring substituents is 1. The first kappa shape index (κ1) is 11.9. The number of nitrogens with zero attached hydrogens (tertiary/aromatic N) is 1. The van der Waals surface area contributed by atoms with Gasteiger partial charge in [-0.15, -0.1) is 0 Å². The Labute approximate surface area is 95.9 Å². The Kier molecular flexibility index (Phi) is 3.66. The summed E-state index contributed by atoms with van der Waals surface area (Å²) in [4.78, 5) is 20.8. The molecule has 80 valence electrons. The second kappa shape index (κ2) is 4.59. The topological polar surface area (TPSA) is 60.2 Å². The summed E-state index contributed by atoms with van der Waals surface area (Å²) in [5.74, 6) is -0.581. The van der Waals surface area contributed by atoms with Crippen LogP contribution < -0.4 is 0 Å². The smallest absolute Gasteiger partial charge is 0.281 e. The highest BCUT2D eigenvalue weighted by Crippen LogP contribution is 2.29. The van der Waals surface area contributed by atoms with E-state index in [4.69, 9.17) is 23.2 Å². The number of carbonyl (C=O) groups excluding carboxylic acids is 1. The Morgan fingerprint density at radius 1 is 1.53 bits per heavy atom. The van der Waals surface area contributed by atoms with Crippen molar-refractivity contribution >= 4 is 34.1 Å². The molecule has 6 heteroatoms. The molecule has 0 bridgehead atoms. The summed E-state index contributed by atoms with van der Waals surface area (Å²) in [6, 6.07) is 4.18. The fraction of sp³-hybridized carbons (Fsp3) is 0.222. The molecule has 0 aliphatic heterocycles. The van der Waals surface area contributed by atoms with E-state index in [9.17, 15) is 14.9 Å². The molecule has 0 N–H and O–H groups in total. The number of hydrogen-bond acceptors (Lipinski definition) is 3. The summed E-state index contributed by atoms with van der Waals surface area (Å²) in [6.07, 6.45) is 0. The molecule has 4 nitrogen and oxygen atoms in total. The number of halogens is 2. The molecule has 1 atom stereocenters. The lowest BCUT2D eigenvalue weighted by Gasteiger charge is -2.06. The Balaban J connectivity index is 3.18. The zero-order valence-corrected chi connectivity index (χ0v) is 9.25. The zero-order valence-electron chi connectivity index (χ0n) is 7.74. The molecule has 1 aromatic rings. The molecule has 1 unspecified atom stereocenters. The van der Waals surface area contributed by atoms with Crippen molar-refractivity contribution in [3.05, 3.63) is 38.9 Å². The highest BCUT2D eigenvalue weighted by molar-refractivity contribution is 6.64. The predicted octanol–water partition coefficient (Wildman–Crippen LogP) is 3.12. The van der Waals surface area contributed by atoms with Crippen LogP contribution >= 0.6 is 23.2 Å². The van der Waals surface area contributed by atoms with Crippen LogP contribution in [-0.4, -0.2) is 10.2 Å². The van der Waals surface area contributed by atoms with Gasteiger partial charge in [0.15, 0.2) is 0 Å². The monoisotopic (exact) mass is 247 g/mol. The number of nitro groups is 1. The molecule has 1 aromatic carbocycles. The Morgan fingerprint density at radius 3 is 2.60 bits per heavy atom. The fourth-order valence-corrected chi connectivity index (χ4v) is 1.38. The van der Waals surface area contributed by atoms with Crippen molar-refractivity contribution in [2.45, 2.75) is 12.8 Å². The van der Waals surface area contributed by atoms with Crippen molar-refractivity contribution in [1.29, 1.82) is 0 Å². The molecule has 0 saturated carbocycles. The lowest BCUT2D eigenvalue weighted by molar-refractivity contribution is -0.384. The first-order valence-electron chi connectivity index (χ1n) is 4.06. The van der Waals surface area contributed by atoms with Gasteiger partial charge in [-0.3, -0.25) is 14.9 Å². The SMILES string of the molecule is CC(C(=O)Cl)c1ccc(Cl)c([N+](=O)[O-])c1. The molecule has 0 aliphatic rings. The van der Waals surface area contributed by atoms with Crippen LogP contribution in [0.2, 0.25) is 5.02 Å². The quantitative estimate of drug-likeness (QED) is 0.469. The van der Waals surface area contributed by atoms with Crippen LogP contribution in [0.4, 0.5) is 5.69 Å². The maximum Gasteiger partial charge on any atom is 0.288 e. The number of carbonyl (C=O) groups is 1. The number of rotatable bonds is 3. The molecule has 1 rings (SSSR count). The van der Waals surface area contributed by atoms with Gasteiger partial charge in [0, 0.05) is 6.07 Å². The largest absolute Gasteiger partial charge is 0.288 e. The van der Waals surface area contributed by atoms with E-state index in [0.717, 1.165) is 0 Å². The third kappa shape index (κ3) is 2.67. The van der Waals surface area contributed by atoms with Gasteiger partial charge < -0.3 is 0 Å². The molecule has 0 radical (unpaired) electrons. The summed E-state index contributed by atoms with van der Waals surface area (Å²) in [6.45, 7) is 1.57. The molecular weight excluding hydrogens is 241 g/mol. The third-order valence-electron chi connectivity index (χ3n) is 2.01. The highest BCUT2D eigenvalue weighted by Gasteiger charge is 2.18. The third-order valence-corrected chi connectivity index (χ3v) is 2.65. The molecule has 0 saturated heterocycles. The lowest BCUT2D eigenvalue weighted by atomic mass is 10.0. The average molecular weight is 248 g/mol. The van der Waals surface area contributed by atoms with E-state index in [0.29, 0.717) is 5.56 Å². The maximum absolute atomic E-state index is 10.9. The first-order chi connectivity index (χ1) is 6.93. The van der Waals surface area contributed by atoms with Gasteiger partial charge in [0.25, 0.3) is 5.69 Å². The zero-order chi connectivity index (χ0) is 11.6. The molecule has 0 fully saturated rings. The van der Waals surface area contributed by atoms with Crippen molar-refractivity contribution in [2.24, 2.45) is 0 Å². The van der Waals surface area contributed by atoms with Crippen molar-refractivity contribution in [2.75, 3.05) is 0 Å². The van der Waals surface area contributed by atoms with Crippen molar-refractivity contribution in [3.63, 3.8) is 0 Å². The lowest BCUT2D eigenvalue weighted by Crippen LogP contribution is -2.02. The van der Waals surface area contributed by atoms with Crippen molar-refractivity contribution in [1.82, 2.24) is 0 Å². The Morgan fingerprint density at radius 2 is 2.13 bits per heavy atom. The highest BCUT2D eigenvalue weighted by atomic mass is 35.5. The number of benzene rings is 1. The van der Waals surface area contributed by atoms with Gasteiger partial charge in [0.2, 0.25) is 5.24 Å². The Bertz CT molecular complexity index is 420. The van der Waals surface area contributed by atoms with Crippen LogP contribution in [0.25, 0.3) is 0 Å². The molecule has 0 amide bonds. The maximum atomic E-state index is 10.9. The normalized spacial score (nSPS) is 12.2. The van der Waals surface area contributed by atoms with Crippen LogP contribution in [0.3, 0.4) is 0 Å². The summed E-state index contributed by atoms with van der Waals surface area (Å²) < 4.78 is 0.